The fraction of sp³-hybridized carbons (Fsp3) is 0.300. The molecule has 0 saturated carbocycles. The minimum absolute atomic E-state index is 0.0242. The van der Waals surface area contributed by atoms with Crippen molar-refractivity contribution in [2.24, 2.45) is 5.92 Å². The molecule has 3 rings (SSSR count). The van der Waals surface area contributed by atoms with Crippen molar-refractivity contribution >= 4 is 29.0 Å². The van der Waals surface area contributed by atoms with Crippen LogP contribution in [0.15, 0.2) is 48.5 Å². The van der Waals surface area contributed by atoms with E-state index in [9.17, 15) is 14.0 Å². The zero-order valence-corrected chi connectivity index (χ0v) is 15.2. The summed E-state index contributed by atoms with van der Waals surface area (Å²) in [5.41, 5.74) is 1.63. The number of halogens is 1. The highest BCUT2D eigenvalue weighted by Crippen LogP contribution is 2.23. The summed E-state index contributed by atoms with van der Waals surface area (Å²) in [5, 5.41) is 7.86. The van der Waals surface area contributed by atoms with Crippen LogP contribution in [0.2, 0.25) is 0 Å². The zero-order valence-electron chi connectivity index (χ0n) is 15.2. The van der Waals surface area contributed by atoms with Crippen molar-refractivity contribution in [3.63, 3.8) is 0 Å². The molecule has 0 radical (unpaired) electrons. The van der Waals surface area contributed by atoms with E-state index in [1.54, 1.807) is 0 Å². The van der Waals surface area contributed by atoms with Crippen LogP contribution in [-0.2, 0) is 4.79 Å². The molecule has 2 aromatic rings. The summed E-state index contributed by atoms with van der Waals surface area (Å²) in [6.07, 6.45) is 0.988. The van der Waals surface area contributed by atoms with Crippen LogP contribution < -0.4 is 20.9 Å². The van der Waals surface area contributed by atoms with Crippen molar-refractivity contribution in [2.45, 2.75) is 13.3 Å². The van der Waals surface area contributed by atoms with E-state index in [2.05, 4.69) is 33.0 Å². The quantitative estimate of drug-likeness (QED) is 0.755. The SMILES string of the molecule is CC(=O)Nc1ccc(F)c(NC(=O)NCC2CCN(c3ccccc3)C2)c1. The van der Waals surface area contributed by atoms with Gasteiger partial charge in [0.05, 0.1) is 5.69 Å². The van der Waals surface area contributed by atoms with E-state index in [0.29, 0.717) is 18.2 Å². The van der Waals surface area contributed by atoms with Gasteiger partial charge in [-0.05, 0) is 42.7 Å². The molecule has 1 unspecified atom stereocenters. The monoisotopic (exact) mass is 370 g/mol. The highest BCUT2D eigenvalue weighted by atomic mass is 19.1. The second-order valence-corrected chi connectivity index (χ2v) is 6.65. The molecule has 2 aromatic carbocycles. The molecule has 0 bridgehead atoms. The Kier molecular flexibility index (Phi) is 5.90. The molecule has 1 atom stereocenters. The van der Waals surface area contributed by atoms with Gasteiger partial charge in [-0.25, -0.2) is 9.18 Å². The number of hydrogen-bond acceptors (Lipinski definition) is 3. The standard InChI is InChI=1S/C20H23FN4O2/c1-14(26)23-16-7-8-18(21)19(11-16)24-20(27)22-12-15-9-10-25(13-15)17-5-3-2-4-6-17/h2-8,11,15H,9-10,12-13H2,1H3,(H,23,26)(H2,22,24,27). The maximum Gasteiger partial charge on any atom is 0.319 e. The van der Waals surface area contributed by atoms with Crippen LogP contribution in [0, 0.1) is 11.7 Å². The van der Waals surface area contributed by atoms with Crippen LogP contribution in [0.25, 0.3) is 0 Å². The number of para-hydroxylation sites is 1. The highest BCUT2D eigenvalue weighted by molar-refractivity contribution is 5.92. The molecular formula is C20H23FN4O2. The van der Waals surface area contributed by atoms with Gasteiger partial charge in [-0.2, -0.15) is 0 Å². The summed E-state index contributed by atoms with van der Waals surface area (Å²) >= 11 is 0. The predicted molar refractivity (Wildman–Crippen MR) is 104 cm³/mol. The molecule has 1 aliphatic rings. The molecule has 0 aromatic heterocycles. The molecule has 1 heterocycles. The summed E-state index contributed by atoms with van der Waals surface area (Å²) in [6.45, 7) is 3.70. The molecule has 1 fully saturated rings. The minimum atomic E-state index is -0.560. The van der Waals surface area contributed by atoms with E-state index in [-0.39, 0.29) is 11.6 Å². The topological polar surface area (TPSA) is 73.5 Å². The lowest BCUT2D eigenvalue weighted by atomic mass is 10.1. The third-order valence-corrected chi connectivity index (χ3v) is 4.49. The molecule has 3 N–H and O–H groups in total. The van der Waals surface area contributed by atoms with Crippen molar-refractivity contribution in [1.82, 2.24) is 5.32 Å². The van der Waals surface area contributed by atoms with E-state index in [1.807, 2.05) is 18.2 Å². The van der Waals surface area contributed by atoms with Crippen LogP contribution in [0.3, 0.4) is 0 Å². The fourth-order valence-corrected chi connectivity index (χ4v) is 3.18. The molecule has 0 spiro atoms. The maximum atomic E-state index is 13.9. The van der Waals surface area contributed by atoms with Gasteiger partial charge in [0.2, 0.25) is 5.91 Å². The largest absolute Gasteiger partial charge is 0.371 e. The van der Waals surface area contributed by atoms with Gasteiger partial charge in [-0.1, -0.05) is 18.2 Å². The van der Waals surface area contributed by atoms with Gasteiger partial charge >= 0.3 is 6.03 Å². The number of carbonyl (C=O) groups is 2. The zero-order chi connectivity index (χ0) is 19.2. The van der Waals surface area contributed by atoms with Gasteiger partial charge in [0, 0.05) is 37.9 Å². The van der Waals surface area contributed by atoms with Crippen LogP contribution in [-0.4, -0.2) is 31.6 Å². The first-order valence-corrected chi connectivity index (χ1v) is 8.93. The van der Waals surface area contributed by atoms with E-state index < -0.39 is 11.8 Å². The minimum Gasteiger partial charge on any atom is -0.371 e. The normalized spacial score (nSPS) is 16.1. The van der Waals surface area contributed by atoms with Crippen molar-refractivity contribution in [3.8, 4) is 0 Å². The van der Waals surface area contributed by atoms with E-state index >= 15 is 0 Å². The molecule has 1 saturated heterocycles. The third kappa shape index (κ3) is 5.20. The van der Waals surface area contributed by atoms with Gasteiger partial charge in [-0.3, -0.25) is 4.79 Å². The Bertz CT molecular complexity index is 813. The van der Waals surface area contributed by atoms with Gasteiger partial charge in [0.1, 0.15) is 5.82 Å². The first kappa shape index (κ1) is 18.7. The Hall–Kier alpha value is -3.09. The summed E-state index contributed by atoms with van der Waals surface area (Å²) in [5.74, 6) is -0.483. The molecule has 27 heavy (non-hydrogen) atoms. The molecule has 0 aliphatic carbocycles. The van der Waals surface area contributed by atoms with Gasteiger partial charge in [0.15, 0.2) is 0 Å². The molecular weight excluding hydrogens is 347 g/mol. The Morgan fingerprint density at radius 3 is 2.67 bits per heavy atom. The molecule has 142 valence electrons. The number of nitrogens with zero attached hydrogens (tertiary/aromatic N) is 1. The maximum absolute atomic E-state index is 13.9. The van der Waals surface area contributed by atoms with Crippen LogP contribution in [0.1, 0.15) is 13.3 Å². The number of carbonyl (C=O) groups excluding carboxylic acids is 2. The van der Waals surface area contributed by atoms with Gasteiger partial charge in [-0.15, -0.1) is 0 Å². The lowest BCUT2D eigenvalue weighted by Crippen LogP contribution is -2.34. The third-order valence-electron chi connectivity index (χ3n) is 4.49. The Morgan fingerprint density at radius 1 is 1.15 bits per heavy atom. The first-order chi connectivity index (χ1) is 13.0. The number of hydrogen-bond donors (Lipinski definition) is 3. The molecule has 1 aliphatic heterocycles. The number of nitrogens with one attached hydrogen (secondary N) is 3. The predicted octanol–water partition coefficient (Wildman–Crippen LogP) is 3.43. The number of amides is 3. The Morgan fingerprint density at radius 2 is 1.93 bits per heavy atom. The highest BCUT2D eigenvalue weighted by Gasteiger charge is 2.23. The average molecular weight is 370 g/mol. The molecule has 6 nitrogen and oxygen atoms in total. The Balaban J connectivity index is 1.50. The van der Waals surface area contributed by atoms with E-state index in [4.69, 9.17) is 0 Å². The van der Waals surface area contributed by atoms with Crippen molar-refractivity contribution in [2.75, 3.05) is 35.2 Å². The summed E-state index contributed by atoms with van der Waals surface area (Å²) in [4.78, 5) is 25.5. The smallest absolute Gasteiger partial charge is 0.319 e. The molecule has 3 amide bonds. The van der Waals surface area contributed by atoms with E-state index in [0.717, 1.165) is 19.5 Å². The van der Waals surface area contributed by atoms with Crippen molar-refractivity contribution in [1.29, 1.82) is 0 Å². The van der Waals surface area contributed by atoms with Gasteiger partial charge in [0.25, 0.3) is 0 Å². The Labute approximate surface area is 157 Å². The average Bonchev–Trinajstić information content (AvgIpc) is 3.12. The number of benzene rings is 2. The van der Waals surface area contributed by atoms with Gasteiger partial charge < -0.3 is 20.9 Å². The second-order valence-electron chi connectivity index (χ2n) is 6.65. The first-order valence-electron chi connectivity index (χ1n) is 8.93. The van der Waals surface area contributed by atoms with Crippen LogP contribution >= 0.6 is 0 Å². The van der Waals surface area contributed by atoms with Crippen LogP contribution in [0.4, 0.5) is 26.2 Å². The van der Waals surface area contributed by atoms with Crippen LogP contribution in [0.5, 0.6) is 0 Å². The van der Waals surface area contributed by atoms with E-state index in [1.165, 1.54) is 30.8 Å². The van der Waals surface area contributed by atoms with Crippen molar-refractivity contribution in [3.05, 3.63) is 54.3 Å². The summed E-state index contributed by atoms with van der Waals surface area (Å²) in [7, 11) is 0. The lowest BCUT2D eigenvalue weighted by molar-refractivity contribution is -0.114. The number of anilines is 3. The lowest BCUT2D eigenvalue weighted by Gasteiger charge is -2.18. The second kappa shape index (κ2) is 8.53. The number of rotatable bonds is 5. The summed E-state index contributed by atoms with van der Waals surface area (Å²) in [6, 6.07) is 13.7. The number of urea groups is 1. The fourth-order valence-electron chi connectivity index (χ4n) is 3.18. The molecule has 7 heteroatoms. The summed E-state index contributed by atoms with van der Waals surface area (Å²) < 4.78 is 13.9. The van der Waals surface area contributed by atoms with Crippen molar-refractivity contribution < 1.29 is 14.0 Å².